The van der Waals surface area contributed by atoms with E-state index in [2.05, 4.69) is 67.7 Å². The third kappa shape index (κ3) is 4.09. The van der Waals surface area contributed by atoms with Gasteiger partial charge in [-0.15, -0.1) is 0 Å². The van der Waals surface area contributed by atoms with Crippen LogP contribution in [0.15, 0.2) is 36.7 Å². The molecule has 0 saturated carbocycles. The number of unbranched alkanes of at least 4 members (excludes halogenated alkanes) is 2. The number of nitrogens with one attached hydrogen (secondary N) is 2. The summed E-state index contributed by atoms with van der Waals surface area (Å²) in [5, 5.41) is 4.84. The van der Waals surface area contributed by atoms with Gasteiger partial charge in [0.15, 0.2) is 0 Å². The molecule has 0 amide bonds. The first-order valence-corrected chi connectivity index (χ1v) is 10.1. The van der Waals surface area contributed by atoms with Crippen LogP contribution in [0.5, 0.6) is 0 Å². The maximum Gasteiger partial charge on any atom is 0.130 e. The third-order valence-electron chi connectivity index (χ3n) is 5.12. The summed E-state index contributed by atoms with van der Waals surface area (Å²) < 4.78 is 0. The summed E-state index contributed by atoms with van der Waals surface area (Å²) in [6.45, 7) is 6.71. The lowest BCUT2D eigenvalue weighted by atomic mass is 10.00. The SMILES string of the molecule is CCCCc1cnc(Nc2c[nH]c3cccc(CC)c23)cc1CCCC. The molecule has 3 heteroatoms. The van der Waals surface area contributed by atoms with Crippen LogP contribution in [0.4, 0.5) is 11.5 Å². The normalized spacial score (nSPS) is 11.2. The smallest absolute Gasteiger partial charge is 0.130 e. The van der Waals surface area contributed by atoms with Crippen molar-refractivity contribution in [2.75, 3.05) is 5.32 Å². The molecular formula is C23H31N3. The van der Waals surface area contributed by atoms with Crippen molar-refractivity contribution in [1.82, 2.24) is 9.97 Å². The lowest BCUT2D eigenvalue weighted by Gasteiger charge is -2.12. The number of benzene rings is 1. The molecule has 2 N–H and O–H groups in total. The fraction of sp³-hybridized carbons (Fsp3) is 0.435. The van der Waals surface area contributed by atoms with Gasteiger partial charge < -0.3 is 10.3 Å². The van der Waals surface area contributed by atoms with E-state index in [0.29, 0.717) is 0 Å². The second kappa shape index (κ2) is 8.88. The molecule has 26 heavy (non-hydrogen) atoms. The summed E-state index contributed by atoms with van der Waals surface area (Å²) in [7, 11) is 0. The second-order valence-corrected chi connectivity index (χ2v) is 7.07. The molecule has 1 aromatic carbocycles. The van der Waals surface area contributed by atoms with E-state index in [9.17, 15) is 0 Å². The topological polar surface area (TPSA) is 40.7 Å². The van der Waals surface area contributed by atoms with Crippen molar-refractivity contribution < 1.29 is 0 Å². The number of hydrogen-bond acceptors (Lipinski definition) is 2. The minimum absolute atomic E-state index is 0.947. The Kier molecular flexibility index (Phi) is 6.32. The molecule has 0 unspecified atom stereocenters. The van der Waals surface area contributed by atoms with E-state index in [1.807, 2.05) is 0 Å². The Morgan fingerprint density at radius 2 is 1.73 bits per heavy atom. The fourth-order valence-corrected chi connectivity index (χ4v) is 3.58. The van der Waals surface area contributed by atoms with E-state index >= 15 is 0 Å². The fourth-order valence-electron chi connectivity index (χ4n) is 3.58. The highest BCUT2D eigenvalue weighted by molar-refractivity contribution is 5.96. The van der Waals surface area contributed by atoms with Gasteiger partial charge in [-0.1, -0.05) is 45.7 Å². The highest BCUT2D eigenvalue weighted by Gasteiger charge is 2.10. The molecule has 0 radical (unpaired) electrons. The molecule has 0 bridgehead atoms. The van der Waals surface area contributed by atoms with Gasteiger partial charge >= 0.3 is 0 Å². The number of H-pyrrole nitrogens is 1. The van der Waals surface area contributed by atoms with E-state index in [1.165, 1.54) is 53.3 Å². The van der Waals surface area contributed by atoms with Crippen molar-refractivity contribution in [3.63, 3.8) is 0 Å². The zero-order chi connectivity index (χ0) is 18.4. The Bertz CT molecular complexity index is 848. The third-order valence-corrected chi connectivity index (χ3v) is 5.12. The zero-order valence-corrected chi connectivity index (χ0v) is 16.4. The number of hydrogen-bond donors (Lipinski definition) is 2. The Morgan fingerprint density at radius 3 is 2.46 bits per heavy atom. The number of fused-ring (bicyclic) bond motifs is 1. The predicted molar refractivity (Wildman–Crippen MR) is 112 cm³/mol. The molecule has 0 aliphatic rings. The van der Waals surface area contributed by atoms with Crippen LogP contribution in [0.1, 0.15) is 63.1 Å². The zero-order valence-electron chi connectivity index (χ0n) is 16.4. The van der Waals surface area contributed by atoms with Gasteiger partial charge in [-0.05, 0) is 60.9 Å². The molecule has 0 fully saturated rings. The first kappa shape index (κ1) is 18.5. The molecule has 2 aromatic heterocycles. The van der Waals surface area contributed by atoms with Crippen LogP contribution >= 0.6 is 0 Å². The lowest BCUT2D eigenvalue weighted by Crippen LogP contribution is -2.01. The maximum absolute atomic E-state index is 4.71. The number of pyridine rings is 1. The van der Waals surface area contributed by atoms with Gasteiger partial charge in [0.1, 0.15) is 5.82 Å². The van der Waals surface area contributed by atoms with E-state index in [0.717, 1.165) is 30.8 Å². The van der Waals surface area contributed by atoms with Crippen LogP contribution in [-0.4, -0.2) is 9.97 Å². The summed E-state index contributed by atoms with van der Waals surface area (Å²) >= 11 is 0. The number of aromatic nitrogens is 2. The van der Waals surface area contributed by atoms with Gasteiger partial charge in [0.25, 0.3) is 0 Å². The van der Waals surface area contributed by atoms with Crippen LogP contribution in [-0.2, 0) is 19.3 Å². The molecule has 3 nitrogen and oxygen atoms in total. The van der Waals surface area contributed by atoms with Crippen LogP contribution in [0.3, 0.4) is 0 Å². The molecule has 3 aromatic rings. The van der Waals surface area contributed by atoms with Gasteiger partial charge in [0.2, 0.25) is 0 Å². The average molecular weight is 350 g/mol. The van der Waals surface area contributed by atoms with Crippen molar-refractivity contribution in [3.05, 3.63) is 53.3 Å². The maximum atomic E-state index is 4.71. The van der Waals surface area contributed by atoms with Gasteiger partial charge in [-0.3, -0.25) is 0 Å². The minimum Gasteiger partial charge on any atom is -0.359 e. The van der Waals surface area contributed by atoms with Crippen LogP contribution in [0.2, 0.25) is 0 Å². The van der Waals surface area contributed by atoms with Crippen molar-refractivity contribution in [1.29, 1.82) is 0 Å². The lowest BCUT2D eigenvalue weighted by molar-refractivity contribution is 0.755. The number of aryl methyl sites for hydroxylation is 3. The summed E-state index contributed by atoms with van der Waals surface area (Å²) in [5.41, 5.74) is 6.52. The van der Waals surface area contributed by atoms with Crippen molar-refractivity contribution in [2.24, 2.45) is 0 Å². The highest BCUT2D eigenvalue weighted by Crippen LogP contribution is 2.30. The van der Waals surface area contributed by atoms with E-state index in [4.69, 9.17) is 4.98 Å². The standard InChI is InChI=1S/C23H31N3/c1-4-7-10-18-14-22(25-15-19(18)11-8-5-2)26-21-16-24-20-13-9-12-17(6-3)23(20)21/h9,12-16,24H,4-8,10-11H2,1-3H3,(H,25,26). The molecule has 0 saturated heterocycles. The first-order valence-electron chi connectivity index (χ1n) is 10.1. The Labute approximate surface area is 157 Å². The van der Waals surface area contributed by atoms with Crippen molar-refractivity contribution in [2.45, 2.75) is 65.7 Å². The van der Waals surface area contributed by atoms with E-state index in [1.54, 1.807) is 0 Å². The molecule has 0 atom stereocenters. The average Bonchev–Trinajstić information content (AvgIpc) is 3.08. The first-order chi connectivity index (χ1) is 12.8. The highest BCUT2D eigenvalue weighted by atomic mass is 15.0. The summed E-state index contributed by atoms with van der Waals surface area (Å²) in [4.78, 5) is 8.09. The van der Waals surface area contributed by atoms with Gasteiger partial charge in [-0.2, -0.15) is 0 Å². The second-order valence-electron chi connectivity index (χ2n) is 7.07. The number of aromatic amines is 1. The summed E-state index contributed by atoms with van der Waals surface area (Å²) in [6, 6.07) is 8.71. The van der Waals surface area contributed by atoms with Crippen molar-refractivity contribution >= 4 is 22.4 Å². The molecule has 138 valence electrons. The van der Waals surface area contributed by atoms with Crippen LogP contribution < -0.4 is 5.32 Å². The van der Waals surface area contributed by atoms with Gasteiger partial charge in [-0.25, -0.2) is 4.98 Å². The molecular weight excluding hydrogens is 318 g/mol. The number of anilines is 2. The van der Waals surface area contributed by atoms with E-state index in [-0.39, 0.29) is 0 Å². The predicted octanol–water partition coefficient (Wildman–Crippen LogP) is 6.55. The quantitative estimate of drug-likeness (QED) is 0.459. The molecule has 2 heterocycles. The number of nitrogens with zero attached hydrogens (tertiary/aromatic N) is 1. The minimum atomic E-state index is 0.947. The molecule has 0 aliphatic heterocycles. The van der Waals surface area contributed by atoms with E-state index < -0.39 is 0 Å². The Morgan fingerprint density at radius 1 is 0.962 bits per heavy atom. The Balaban J connectivity index is 1.90. The monoisotopic (exact) mass is 349 g/mol. The molecule has 3 rings (SSSR count). The summed E-state index contributed by atoms with van der Waals surface area (Å²) in [6.07, 6.45) is 12.3. The largest absolute Gasteiger partial charge is 0.359 e. The Hall–Kier alpha value is -2.29. The van der Waals surface area contributed by atoms with Crippen LogP contribution in [0, 0.1) is 0 Å². The van der Waals surface area contributed by atoms with Gasteiger partial charge in [0, 0.05) is 23.3 Å². The van der Waals surface area contributed by atoms with Gasteiger partial charge in [0.05, 0.1) is 5.69 Å². The van der Waals surface area contributed by atoms with Crippen LogP contribution in [0.25, 0.3) is 10.9 Å². The molecule has 0 aliphatic carbocycles. The molecule has 0 spiro atoms. The summed E-state index contributed by atoms with van der Waals surface area (Å²) in [5.74, 6) is 0.947. The number of rotatable bonds is 9. The van der Waals surface area contributed by atoms with Crippen molar-refractivity contribution in [3.8, 4) is 0 Å².